The minimum absolute atomic E-state index is 0.200. The maximum Gasteiger partial charge on any atom is 0.280 e. The van der Waals surface area contributed by atoms with Crippen LogP contribution in [0.4, 0.5) is 8.78 Å². The second-order valence-corrected chi connectivity index (χ2v) is 6.25. The number of nitrogens with zero attached hydrogens (tertiary/aromatic N) is 4. The molecule has 2 heterocycles. The van der Waals surface area contributed by atoms with Gasteiger partial charge in [-0.25, -0.2) is 18.3 Å². The second-order valence-electron chi connectivity index (χ2n) is 6.25. The van der Waals surface area contributed by atoms with Gasteiger partial charge < -0.3 is 0 Å². The molecule has 0 radical (unpaired) electrons. The summed E-state index contributed by atoms with van der Waals surface area (Å²) in [6.07, 6.45) is 5.32. The third-order valence-corrected chi connectivity index (χ3v) is 4.45. The third kappa shape index (κ3) is 4.24. The zero-order valence-corrected chi connectivity index (χ0v) is 14.2. The van der Waals surface area contributed by atoms with Gasteiger partial charge in [-0.05, 0) is 18.4 Å². The molecule has 0 fully saturated rings. The van der Waals surface area contributed by atoms with E-state index in [9.17, 15) is 8.78 Å². The highest BCUT2D eigenvalue weighted by atomic mass is 19.3. The van der Waals surface area contributed by atoms with Crippen LogP contribution < -0.4 is 0 Å². The Hall–Kier alpha value is -1.59. The van der Waals surface area contributed by atoms with E-state index < -0.39 is 6.43 Å². The number of unbranched alkanes of at least 4 members (excludes halogenated alkanes) is 2. The molecule has 0 saturated heterocycles. The summed E-state index contributed by atoms with van der Waals surface area (Å²) in [6, 6.07) is 1.52. The van der Waals surface area contributed by atoms with E-state index in [1.165, 1.54) is 12.4 Å². The maximum absolute atomic E-state index is 13.2. The number of hydrogen-bond acceptors (Lipinski definition) is 3. The summed E-state index contributed by atoms with van der Waals surface area (Å²) in [5, 5.41) is 4.21. The van der Waals surface area contributed by atoms with Crippen molar-refractivity contribution in [2.45, 2.75) is 71.6 Å². The zero-order chi connectivity index (χ0) is 16.8. The number of fused-ring (bicyclic) bond motifs is 1. The average Bonchev–Trinajstić information content (AvgIpc) is 2.99. The molecule has 2 aromatic rings. The van der Waals surface area contributed by atoms with Crippen LogP contribution in [0.25, 0.3) is 5.78 Å². The Kier molecular flexibility index (Phi) is 6.42. The SMILES string of the molecule is CCCCCC(c1cc(C(F)F)nc2ncnn12)C(C)CCC. The lowest BCUT2D eigenvalue weighted by atomic mass is 9.83. The van der Waals surface area contributed by atoms with Gasteiger partial charge in [0.25, 0.3) is 12.2 Å². The highest BCUT2D eigenvalue weighted by Gasteiger charge is 2.24. The van der Waals surface area contributed by atoms with E-state index >= 15 is 0 Å². The number of alkyl halides is 2. The van der Waals surface area contributed by atoms with Gasteiger partial charge >= 0.3 is 0 Å². The van der Waals surface area contributed by atoms with E-state index in [2.05, 4.69) is 35.8 Å². The lowest BCUT2D eigenvalue weighted by molar-refractivity contribution is 0.146. The minimum atomic E-state index is -2.59. The number of hydrogen-bond donors (Lipinski definition) is 0. The standard InChI is InChI=1S/C17H26F2N4/c1-4-6-7-9-13(12(3)8-5-2)15-10-14(16(18)19)22-17-20-11-21-23(15)17/h10-13,16H,4-9H2,1-3H3. The van der Waals surface area contributed by atoms with Gasteiger partial charge in [-0.2, -0.15) is 10.1 Å². The molecule has 2 unspecified atom stereocenters. The van der Waals surface area contributed by atoms with E-state index in [1.807, 2.05) is 0 Å². The van der Waals surface area contributed by atoms with Crippen molar-refractivity contribution in [2.75, 3.05) is 0 Å². The molecular weight excluding hydrogens is 298 g/mol. The summed E-state index contributed by atoms with van der Waals surface area (Å²) in [4.78, 5) is 7.93. The van der Waals surface area contributed by atoms with Crippen LogP contribution in [-0.4, -0.2) is 19.6 Å². The van der Waals surface area contributed by atoms with E-state index in [4.69, 9.17) is 0 Å². The van der Waals surface area contributed by atoms with Crippen molar-refractivity contribution >= 4 is 5.78 Å². The Bertz CT molecular complexity index is 612. The smallest absolute Gasteiger partial charge is 0.210 e. The molecular formula is C17H26F2N4. The lowest BCUT2D eigenvalue weighted by Gasteiger charge is -2.25. The molecule has 0 amide bonds. The highest BCUT2D eigenvalue weighted by Crippen LogP contribution is 2.34. The van der Waals surface area contributed by atoms with E-state index in [0.29, 0.717) is 5.92 Å². The van der Waals surface area contributed by atoms with Crippen molar-refractivity contribution in [1.29, 1.82) is 0 Å². The topological polar surface area (TPSA) is 43.1 Å². The maximum atomic E-state index is 13.2. The van der Waals surface area contributed by atoms with Crippen LogP contribution in [0.3, 0.4) is 0 Å². The van der Waals surface area contributed by atoms with Crippen molar-refractivity contribution in [3.8, 4) is 0 Å². The molecule has 2 atom stereocenters. The fraction of sp³-hybridized carbons (Fsp3) is 0.706. The molecule has 0 N–H and O–H groups in total. The Balaban J connectivity index is 2.42. The summed E-state index contributed by atoms with van der Waals surface area (Å²) in [6.45, 7) is 6.52. The van der Waals surface area contributed by atoms with Crippen LogP contribution in [0.1, 0.15) is 83.0 Å². The van der Waals surface area contributed by atoms with Crippen LogP contribution in [0, 0.1) is 5.92 Å². The average molecular weight is 324 g/mol. The largest absolute Gasteiger partial charge is 0.280 e. The van der Waals surface area contributed by atoms with E-state index in [1.54, 1.807) is 4.52 Å². The van der Waals surface area contributed by atoms with Crippen LogP contribution in [0.2, 0.25) is 0 Å². The molecule has 0 aromatic carbocycles. The van der Waals surface area contributed by atoms with Crippen molar-refractivity contribution in [3.05, 3.63) is 23.8 Å². The van der Waals surface area contributed by atoms with Crippen molar-refractivity contribution in [3.63, 3.8) is 0 Å². The first kappa shape index (κ1) is 17.8. The van der Waals surface area contributed by atoms with Gasteiger partial charge in [0.15, 0.2) is 0 Å². The van der Waals surface area contributed by atoms with E-state index in [0.717, 1.165) is 44.2 Å². The van der Waals surface area contributed by atoms with Gasteiger partial charge in [-0.3, -0.25) is 0 Å². The van der Waals surface area contributed by atoms with Gasteiger partial charge in [0.05, 0.1) is 5.69 Å². The molecule has 2 rings (SSSR count). The predicted octanol–water partition coefficient (Wildman–Crippen LogP) is 5.16. The van der Waals surface area contributed by atoms with Gasteiger partial charge in [-0.1, -0.05) is 52.9 Å². The van der Waals surface area contributed by atoms with Crippen molar-refractivity contribution < 1.29 is 8.78 Å². The number of rotatable bonds is 9. The van der Waals surface area contributed by atoms with Gasteiger partial charge in [0.2, 0.25) is 0 Å². The van der Waals surface area contributed by atoms with Crippen molar-refractivity contribution in [1.82, 2.24) is 19.6 Å². The van der Waals surface area contributed by atoms with Gasteiger partial charge in [-0.15, -0.1) is 0 Å². The fourth-order valence-electron chi connectivity index (χ4n) is 3.22. The normalized spacial score (nSPS) is 14.5. The molecule has 0 spiro atoms. The number of aromatic nitrogens is 4. The third-order valence-electron chi connectivity index (χ3n) is 4.45. The molecule has 2 aromatic heterocycles. The Morgan fingerprint density at radius 2 is 1.91 bits per heavy atom. The molecule has 128 valence electrons. The summed E-state index contributed by atoms with van der Waals surface area (Å²) in [5.41, 5.74) is 0.615. The minimum Gasteiger partial charge on any atom is -0.210 e. The molecule has 6 heteroatoms. The summed E-state index contributed by atoms with van der Waals surface area (Å²) >= 11 is 0. The van der Waals surface area contributed by atoms with Crippen LogP contribution in [0.5, 0.6) is 0 Å². The Morgan fingerprint density at radius 1 is 1.13 bits per heavy atom. The quantitative estimate of drug-likeness (QED) is 0.598. The summed E-state index contributed by atoms with van der Waals surface area (Å²) in [5.74, 6) is 0.880. The monoisotopic (exact) mass is 324 g/mol. The highest BCUT2D eigenvalue weighted by molar-refractivity contribution is 5.32. The summed E-state index contributed by atoms with van der Waals surface area (Å²) < 4.78 is 28.0. The first-order valence-electron chi connectivity index (χ1n) is 8.57. The van der Waals surface area contributed by atoms with Crippen molar-refractivity contribution in [2.24, 2.45) is 5.92 Å². The molecule has 4 nitrogen and oxygen atoms in total. The van der Waals surface area contributed by atoms with Crippen LogP contribution in [-0.2, 0) is 0 Å². The van der Waals surface area contributed by atoms with Gasteiger partial charge in [0, 0.05) is 5.92 Å². The Labute approximate surface area is 136 Å². The van der Waals surface area contributed by atoms with E-state index in [-0.39, 0.29) is 17.4 Å². The molecule has 0 bridgehead atoms. The van der Waals surface area contributed by atoms with Crippen LogP contribution in [0.15, 0.2) is 12.4 Å². The molecule has 0 saturated carbocycles. The number of halogens is 2. The first-order chi connectivity index (χ1) is 11.1. The fourth-order valence-corrected chi connectivity index (χ4v) is 3.22. The molecule has 0 aliphatic rings. The summed E-state index contributed by atoms with van der Waals surface area (Å²) in [7, 11) is 0. The molecule has 23 heavy (non-hydrogen) atoms. The Morgan fingerprint density at radius 3 is 2.57 bits per heavy atom. The second kappa shape index (κ2) is 8.31. The lowest BCUT2D eigenvalue weighted by Crippen LogP contribution is -2.16. The van der Waals surface area contributed by atoms with Gasteiger partial charge in [0.1, 0.15) is 12.0 Å². The molecule has 0 aliphatic carbocycles. The molecule has 0 aliphatic heterocycles. The zero-order valence-electron chi connectivity index (χ0n) is 14.2. The predicted molar refractivity (Wildman–Crippen MR) is 86.7 cm³/mol. The first-order valence-corrected chi connectivity index (χ1v) is 8.57. The van der Waals surface area contributed by atoms with Crippen LogP contribution >= 0.6 is 0 Å².